The Labute approximate surface area is 124 Å². The summed E-state index contributed by atoms with van der Waals surface area (Å²) in [6.07, 6.45) is 0. The fourth-order valence-corrected chi connectivity index (χ4v) is 2.78. The van der Waals surface area contributed by atoms with Crippen LogP contribution in [0.25, 0.3) is 0 Å². The molecule has 0 aromatic heterocycles. The monoisotopic (exact) mass is 329 g/mol. The van der Waals surface area contributed by atoms with Crippen molar-refractivity contribution in [1.82, 2.24) is 0 Å². The maximum absolute atomic E-state index is 13.7. The Kier molecular flexibility index (Phi) is 3.99. The lowest BCUT2D eigenvalue weighted by atomic mass is 10.0. The molecule has 0 fully saturated rings. The van der Waals surface area contributed by atoms with Gasteiger partial charge in [0.15, 0.2) is 5.78 Å². The first-order chi connectivity index (χ1) is 9.70. The minimum atomic E-state index is -4.11. The van der Waals surface area contributed by atoms with Crippen molar-refractivity contribution >= 4 is 27.4 Å². The van der Waals surface area contributed by atoms with Gasteiger partial charge in [-0.2, -0.15) is 0 Å². The molecule has 0 unspecified atom stereocenters. The smallest absolute Gasteiger partial charge is 0.239 e. The van der Waals surface area contributed by atoms with Crippen molar-refractivity contribution in [3.8, 4) is 5.75 Å². The standard InChI is InChI=1S/C13H9ClFNO4S/c14-10-4-1-7(5-12(10)21(16,19)20)13(18)9-3-2-8(17)6-11(9)15/h1-6,17H,(H2,16,19,20). The van der Waals surface area contributed by atoms with Crippen molar-refractivity contribution in [2.24, 2.45) is 5.14 Å². The Bertz CT molecular complexity index is 836. The van der Waals surface area contributed by atoms with Gasteiger partial charge in [-0.15, -0.1) is 0 Å². The number of phenols is 1. The van der Waals surface area contributed by atoms with Crippen LogP contribution in [0.5, 0.6) is 5.75 Å². The average Bonchev–Trinajstić information content (AvgIpc) is 2.37. The molecule has 0 atom stereocenters. The molecule has 110 valence electrons. The second-order valence-electron chi connectivity index (χ2n) is 4.18. The van der Waals surface area contributed by atoms with Gasteiger partial charge in [0, 0.05) is 11.6 Å². The fourth-order valence-electron chi connectivity index (χ4n) is 1.71. The van der Waals surface area contributed by atoms with E-state index in [-0.39, 0.29) is 21.9 Å². The number of carbonyl (C=O) groups excluding carboxylic acids is 1. The van der Waals surface area contributed by atoms with Crippen molar-refractivity contribution in [2.45, 2.75) is 4.90 Å². The van der Waals surface area contributed by atoms with Crippen LogP contribution in [-0.2, 0) is 10.0 Å². The summed E-state index contributed by atoms with van der Waals surface area (Å²) >= 11 is 5.71. The van der Waals surface area contributed by atoms with E-state index in [1.807, 2.05) is 0 Å². The summed E-state index contributed by atoms with van der Waals surface area (Å²) in [6.45, 7) is 0. The molecule has 2 aromatic carbocycles. The third kappa shape index (κ3) is 3.21. The summed E-state index contributed by atoms with van der Waals surface area (Å²) in [6, 6.07) is 6.44. The molecular formula is C13H9ClFNO4S. The van der Waals surface area contributed by atoms with Gasteiger partial charge in [0.05, 0.1) is 10.6 Å². The number of hydrogen-bond acceptors (Lipinski definition) is 4. The Hall–Kier alpha value is -1.96. The summed E-state index contributed by atoms with van der Waals surface area (Å²) in [4.78, 5) is 11.7. The van der Waals surface area contributed by atoms with Crippen LogP contribution < -0.4 is 5.14 Å². The lowest BCUT2D eigenvalue weighted by molar-refractivity contribution is 0.103. The summed E-state index contributed by atoms with van der Waals surface area (Å²) in [5.41, 5.74) is -0.400. The number of rotatable bonds is 3. The number of halogens is 2. The number of hydrogen-bond donors (Lipinski definition) is 2. The Balaban J connectivity index is 2.54. The Morgan fingerprint density at radius 1 is 1.19 bits per heavy atom. The van der Waals surface area contributed by atoms with Gasteiger partial charge in [0.25, 0.3) is 0 Å². The highest BCUT2D eigenvalue weighted by Crippen LogP contribution is 2.24. The maximum Gasteiger partial charge on any atom is 0.239 e. The molecule has 0 aliphatic carbocycles. The molecule has 0 spiro atoms. The van der Waals surface area contributed by atoms with E-state index in [0.29, 0.717) is 0 Å². The predicted molar refractivity (Wildman–Crippen MR) is 74.3 cm³/mol. The molecule has 0 saturated heterocycles. The zero-order valence-electron chi connectivity index (χ0n) is 10.4. The molecule has 5 nitrogen and oxygen atoms in total. The van der Waals surface area contributed by atoms with Crippen molar-refractivity contribution < 1.29 is 22.7 Å². The molecule has 8 heteroatoms. The van der Waals surface area contributed by atoms with Gasteiger partial charge in [0.2, 0.25) is 10.0 Å². The minimum absolute atomic E-state index is 0.0898. The quantitative estimate of drug-likeness (QED) is 0.842. The predicted octanol–water partition coefficient (Wildman–Crippen LogP) is 2.06. The van der Waals surface area contributed by atoms with Crippen LogP contribution in [-0.4, -0.2) is 19.3 Å². The first kappa shape index (κ1) is 15.4. The topological polar surface area (TPSA) is 97.5 Å². The first-order valence-electron chi connectivity index (χ1n) is 5.55. The van der Waals surface area contributed by atoms with Gasteiger partial charge in [0.1, 0.15) is 16.5 Å². The van der Waals surface area contributed by atoms with Gasteiger partial charge in [-0.3, -0.25) is 4.79 Å². The van der Waals surface area contributed by atoms with Crippen LogP contribution >= 0.6 is 11.6 Å². The summed E-state index contributed by atoms with van der Waals surface area (Å²) in [5, 5.41) is 14.0. The van der Waals surface area contributed by atoms with Crippen molar-refractivity contribution in [2.75, 3.05) is 0 Å². The summed E-state index contributed by atoms with van der Waals surface area (Å²) in [7, 11) is -4.11. The second kappa shape index (κ2) is 5.44. The van der Waals surface area contributed by atoms with E-state index in [4.69, 9.17) is 21.8 Å². The summed E-state index contributed by atoms with van der Waals surface area (Å²) < 4.78 is 36.4. The van der Waals surface area contributed by atoms with E-state index in [2.05, 4.69) is 0 Å². The molecule has 0 aliphatic heterocycles. The van der Waals surface area contributed by atoms with E-state index in [1.165, 1.54) is 12.1 Å². The number of primary sulfonamides is 1. The molecule has 2 aromatic rings. The number of aromatic hydroxyl groups is 1. The van der Waals surface area contributed by atoms with Crippen molar-refractivity contribution in [1.29, 1.82) is 0 Å². The second-order valence-corrected chi connectivity index (χ2v) is 6.12. The molecule has 0 radical (unpaired) electrons. The van der Waals surface area contributed by atoms with Gasteiger partial charge < -0.3 is 5.11 Å². The zero-order valence-corrected chi connectivity index (χ0v) is 12.0. The SMILES string of the molecule is NS(=O)(=O)c1cc(C(=O)c2ccc(O)cc2F)ccc1Cl. The largest absolute Gasteiger partial charge is 0.508 e. The molecule has 0 bridgehead atoms. The van der Waals surface area contributed by atoms with Crippen LogP contribution in [0.1, 0.15) is 15.9 Å². The van der Waals surface area contributed by atoms with Crippen molar-refractivity contribution in [3.05, 3.63) is 58.4 Å². The molecule has 0 aliphatic rings. The van der Waals surface area contributed by atoms with Gasteiger partial charge >= 0.3 is 0 Å². The van der Waals surface area contributed by atoms with E-state index < -0.39 is 26.5 Å². The summed E-state index contributed by atoms with van der Waals surface area (Å²) in [5.74, 6) is -2.01. The number of carbonyl (C=O) groups is 1. The van der Waals surface area contributed by atoms with E-state index in [0.717, 1.165) is 24.3 Å². The van der Waals surface area contributed by atoms with Gasteiger partial charge in [-0.05, 0) is 30.3 Å². The molecular weight excluding hydrogens is 321 g/mol. The third-order valence-corrected chi connectivity index (χ3v) is 4.09. The fraction of sp³-hybridized carbons (Fsp3) is 0. The Morgan fingerprint density at radius 2 is 1.86 bits per heavy atom. The van der Waals surface area contributed by atoms with Crippen molar-refractivity contribution in [3.63, 3.8) is 0 Å². The van der Waals surface area contributed by atoms with E-state index in [9.17, 15) is 17.6 Å². The van der Waals surface area contributed by atoms with Gasteiger partial charge in [-0.25, -0.2) is 17.9 Å². The Morgan fingerprint density at radius 3 is 2.43 bits per heavy atom. The number of sulfonamides is 1. The molecule has 2 rings (SSSR count). The van der Waals surface area contributed by atoms with Crippen LogP contribution in [0, 0.1) is 5.82 Å². The van der Waals surface area contributed by atoms with Crippen LogP contribution in [0.2, 0.25) is 5.02 Å². The highest BCUT2D eigenvalue weighted by molar-refractivity contribution is 7.89. The van der Waals surface area contributed by atoms with Gasteiger partial charge in [-0.1, -0.05) is 11.6 Å². The number of ketones is 1. The molecule has 0 heterocycles. The molecule has 21 heavy (non-hydrogen) atoms. The average molecular weight is 330 g/mol. The lowest BCUT2D eigenvalue weighted by Crippen LogP contribution is -2.14. The van der Waals surface area contributed by atoms with E-state index in [1.54, 1.807) is 0 Å². The number of nitrogens with two attached hydrogens (primary N) is 1. The van der Waals surface area contributed by atoms with Crippen LogP contribution in [0.4, 0.5) is 4.39 Å². The van der Waals surface area contributed by atoms with Crippen LogP contribution in [0.3, 0.4) is 0 Å². The molecule has 0 saturated carbocycles. The zero-order chi connectivity index (χ0) is 15.8. The van der Waals surface area contributed by atoms with E-state index >= 15 is 0 Å². The lowest BCUT2D eigenvalue weighted by Gasteiger charge is -2.06. The maximum atomic E-state index is 13.7. The number of phenolic OH excluding ortho intramolecular Hbond substituents is 1. The first-order valence-corrected chi connectivity index (χ1v) is 7.48. The minimum Gasteiger partial charge on any atom is -0.508 e. The highest BCUT2D eigenvalue weighted by atomic mass is 35.5. The third-order valence-electron chi connectivity index (χ3n) is 2.70. The normalized spacial score (nSPS) is 11.4. The number of benzene rings is 2. The highest BCUT2D eigenvalue weighted by Gasteiger charge is 2.19. The molecule has 0 amide bonds. The molecule has 3 N–H and O–H groups in total. The van der Waals surface area contributed by atoms with Crippen LogP contribution in [0.15, 0.2) is 41.3 Å².